The van der Waals surface area contributed by atoms with Crippen molar-refractivity contribution in [3.05, 3.63) is 59.9 Å². The quantitative estimate of drug-likeness (QED) is 0.802. The summed E-state index contributed by atoms with van der Waals surface area (Å²) in [6.07, 6.45) is 3.47. The number of carbonyl (C=O) groups is 1. The zero-order valence-corrected chi connectivity index (χ0v) is 11.7. The summed E-state index contributed by atoms with van der Waals surface area (Å²) >= 11 is 0. The zero-order chi connectivity index (χ0) is 14.9. The third-order valence-electron chi connectivity index (χ3n) is 3.55. The van der Waals surface area contributed by atoms with E-state index < -0.39 is 0 Å². The molecule has 0 bridgehead atoms. The predicted octanol–water partition coefficient (Wildman–Crippen LogP) is 1.99. The fourth-order valence-electron chi connectivity index (χ4n) is 2.40. The van der Waals surface area contributed by atoms with E-state index in [0.29, 0.717) is 17.9 Å². The van der Waals surface area contributed by atoms with Crippen LogP contribution in [0.5, 0.6) is 11.5 Å². The fourth-order valence-corrected chi connectivity index (χ4v) is 2.40. The second-order valence-electron chi connectivity index (χ2n) is 4.99. The molecule has 0 atom stereocenters. The van der Waals surface area contributed by atoms with Gasteiger partial charge in [-0.15, -0.1) is 0 Å². The molecule has 6 nitrogen and oxygen atoms in total. The molecule has 1 aliphatic rings. The number of carbonyl (C=O) groups excluding carboxylic acids is 1. The molecule has 1 N–H and O–H groups in total. The number of amides is 1. The summed E-state index contributed by atoms with van der Waals surface area (Å²) in [7, 11) is 0. The van der Waals surface area contributed by atoms with Crippen LogP contribution in [-0.2, 0) is 6.54 Å². The molecular weight excluding hydrogens is 282 g/mol. The number of ether oxygens (including phenoxy) is 2. The van der Waals surface area contributed by atoms with Crippen molar-refractivity contribution in [2.75, 3.05) is 6.79 Å². The molecule has 0 fully saturated rings. The summed E-state index contributed by atoms with van der Waals surface area (Å²) < 4.78 is 12.3. The first-order valence-corrected chi connectivity index (χ1v) is 6.90. The van der Waals surface area contributed by atoms with E-state index in [4.69, 9.17) is 9.47 Å². The Bertz CT molecular complexity index is 857. The summed E-state index contributed by atoms with van der Waals surface area (Å²) in [5.74, 6) is 1.33. The summed E-state index contributed by atoms with van der Waals surface area (Å²) in [5.41, 5.74) is 2.45. The minimum Gasteiger partial charge on any atom is -0.454 e. The smallest absolute Gasteiger partial charge is 0.251 e. The van der Waals surface area contributed by atoms with E-state index in [9.17, 15) is 4.79 Å². The van der Waals surface area contributed by atoms with Crippen LogP contribution in [0.3, 0.4) is 0 Å². The standard InChI is InChI=1S/C16H13N3O3/c20-16(12-4-6-19-13(8-12)3-5-18-19)17-9-11-1-2-14-15(7-11)22-10-21-14/h1-8H,9-10H2,(H,17,20). The van der Waals surface area contributed by atoms with Crippen LogP contribution in [0.2, 0.25) is 0 Å². The molecule has 0 aliphatic carbocycles. The van der Waals surface area contributed by atoms with Crippen molar-refractivity contribution >= 4 is 11.4 Å². The molecule has 0 saturated heterocycles. The molecule has 3 aromatic rings. The number of hydrogen-bond acceptors (Lipinski definition) is 4. The maximum atomic E-state index is 12.2. The topological polar surface area (TPSA) is 64.9 Å². The normalized spacial score (nSPS) is 12.5. The monoisotopic (exact) mass is 295 g/mol. The summed E-state index contributed by atoms with van der Waals surface area (Å²) in [6.45, 7) is 0.677. The molecule has 110 valence electrons. The lowest BCUT2D eigenvalue weighted by Crippen LogP contribution is -2.22. The third-order valence-corrected chi connectivity index (χ3v) is 3.55. The van der Waals surface area contributed by atoms with Crippen molar-refractivity contribution in [3.8, 4) is 11.5 Å². The van der Waals surface area contributed by atoms with E-state index in [0.717, 1.165) is 16.8 Å². The van der Waals surface area contributed by atoms with Gasteiger partial charge >= 0.3 is 0 Å². The molecule has 0 unspecified atom stereocenters. The van der Waals surface area contributed by atoms with Crippen LogP contribution in [0, 0.1) is 0 Å². The van der Waals surface area contributed by atoms with E-state index >= 15 is 0 Å². The van der Waals surface area contributed by atoms with E-state index in [2.05, 4.69) is 10.4 Å². The average Bonchev–Trinajstić information content (AvgIpc) is 3.19. The summed E-state index contributed by atoms with van der Waals surface area (Å²) in [5, 5.41) is 7.00. The highest BCUT2D eigenvalue weighted by Crippen LogP contribution is 2.32. The van der Waals surface area contributed by atoms with Crippen molar-refractivity contribution in [1.82, 2.24) is 14.9 Å². The van der Waals surface area contributed by atoms with Gasteiger partial charge < -0.3 is 14.8 Å². The van der Waals surface area contributed by atoms with Crippen molar-refractivity contribution in [2.24, 2.45) is 0 Å². The molecule has 4 rings (SSSR count). The van der Waals surface area contributed by atoms with Crippen LogP contribution in [-0.4, -0.2) is 22.3 Å². The van der Waals surface area contributed by atoms with Crippen molar-refractivity contribution in [2.45, 2.75) is 6.54 Å². The Hall–Kier alpha value is -3.02. The SMILES string of the molecule is O=C(NCc1ccc2c(c1)OCO2)c1ccn2nccc2c1. The molecule has 0 spiro atoms. The largest absolute Gasteiger partial charge is 0.454 e. The lowest BCUT2D eigenvalue weighted by molar-refractivity contribution is 0.0951. The molecule has 6 heteroatoms. The van der Waals surface area contributed by atoms with Crippen LogP contribution >= 0.6 is 0 Å². The first-order chi connectivity index (χ1) is 10.8. The maximum absolute atomic E-state index is 12.2. The Morgan fingerprint density at radius 2 is 2.09 bits per heavy atom. The van der Waals surface area contributed by atoms with Gasteiger partial charge in [-0.3, -0.25) is 4.79 Å². The van der Waals surface area contributed by atoms with Crippen LogP contribution in [0.15, 0.2) is 48.8 Å². The lowest BCUT2D eigenvalue weighted by atomic mass is 10.2. The average molecular weight is 295 g/mol. The van der Waals surface area contributed by atoms with Crippen LogP contribution in [0.25, 0.3) is 5.52 Å². The Kier molecular flexibility index (Phi) is 2.93. The number of fused-ring (bicyclic) bond motifs is 2. The zero-order valence-electron chi connectivity index (χ0n) is 11.7. The number of aromatic nitrogens is 2. The lowest BCUT2D eigenvalue weighted by Gasteiger charge is -2.06. The number of nitrogens with one attached hydrogen (secondary N) is 1. The van der Waals surface area contributed by atoms with Crippen LogP contribution < -0.4 is 14.8 Å². The first kappa shape index (κ1) is 12.7. The molecule has 1 aromatic carbocycles. The van der Waals surface area contributed by atoms with Gasteiger partial charge in [0.1, 0.15) is 0 Å². The Labute approximate surface area is 126 Å². The molecule has 3 heterocycles. The highest BCUT2D eigenvalue weighted by Gasteiger charge is 2.13. The van der Waals surface area contributed by atoms with E-state index in [-0.39, 0.29) is 12.7 Å². The highest BCUT2D eigenvalue weighted by molar-refractivity contribution is 5.95. The number of pyridine rings is 1. The number of nitrogens with zero attached hydrogens (tertiary/aromatic N) is 2. The second-order valence-corrected chi connectivity index (χ2v) is 4.99. The van der Waals surface area contributed by atoms with Crippen LogP contribution in [0.4, 0.5) is 0 Å². The molecule has 0 radical (unpaired) electrons. The fraction of sp³-hybridized carbons (Fsp3) is 0.125. The van der Waals surface area contributed by atoms with E-state index in [1.165, 1.54) is 0 Å². The molecule has 1 amide bonds. The van der Waals surface area contributed by atoms with Gasteiger partial charge in [-0.1, -0.05) is 6.07 Å². The third kappa shape index (κ3) is 2.24. The Balaban J connectivity index is 1.47. The Morgan fingerprint density at radius 3 is 3.05 bits per heavy atom. The molecule has 0 saturated carbocycles. The second kappa shape index (κ2) is 5.07. The van der Waals surface area contributed by atoms with Gasteiger partial charge in [0, 0.05) is 24.5 Å². The first-order valence-electron chi connectivity index (χ1n) is 6.90. The Morgan fingerprint density at radius 1 is 1.18 bits per heavy atom. The van der Waals surface area contributed by atoms with E-state index in [1.54, 1.807) is 23.0 Å². The molecule has 1 aliphatic heterocycles. The molecular formula is C16H13N3O3. The number of hydrogen-bond donors (Lipinski definition) is 1. The van der Waals surface area contributed by atoms with Gasteiger partial charge in [0.05, 0.1) is 5.52 Å². The minimum absolute atomic E-state index is 0.124. The van der Waals surface area contributed by atoms with Gasteiger partial charge in [-0.2, -0.15) is 5.10 Å². The van der Waals surface area contributed by atoms with Crippen molar-refractivity contribution in [1.29, 1.82) is 0 Å². The minimum atomic E-state index is -0.124. The van der Waals surface area contributed by atoms with Gasteiger partial charge in [0.2, 0.25) is 6.79 Å². The van der Waals surface area contributed by atoms with Gasteiger partial charge in [-0.05, 0) is 35.9 Å². The maximum Gasteiger partial charge on any atom is 0.251 e. The van der Waals surface area contributed by atoms with Crippen LogP contribution in [0.1, 0.15) is 15.9 Å². The summed E-state index contributed by atoms with van der Waals surface area (Å²) in [4.78, 5) is 12.2. The number of rotatable bonds is 3. The highest BCUT2D eigenvalue weighted by atomic mass is 16.7. The predicted molar refractivity (Wildman–Crippen MR) is 78.9 cm³/mol. The molecule has 22 heavy (non-hydrogen) atoms. The van der Waals surface area contributed by atoms with Gasteiger partial charge in [0.15, 0.2) is 11.5 Å². The van der Waals surface area contributed by atoms with Crippen molar-refractivity contribution < 1.29 is 14.3 Å². The van der Waals surface area contributed by atoms with E-state index in [1.807, 2.05) is 30.3 Å². The van der Waals surface area contributed by atoms with Gasteiger partial charge in [-0.25, -0.2) is 4.52 Å². The number of benzene rings is 1. The summed E-state index contributed by atoms with van der Waals surface area (Å²) in [6, 6.07) is 11.0. The van der Waals surface area contributed by atoms with Gasteiger partial charge in [0.25, 0.3) is 5.91 Å². The van der Waals surface area contributed by atoms with Crippen molar-refractivity contribution in [3.63, 3.8) is 0 Å². The molecule has 2 aromatic heterocycles.